The minimum Gasteiger partial charge on any atom is -0.331 e. The zero-order chi connectivity index (χ0) is 12.0. The Bertz CT molecular complexity index is 391. The fraction of sp³-hybridized carbons (Fsp3) is 0.400. The van der Waals surface area contributed by atoms with Crippen LogP contribution in [0.25, 0.3) is 0 Å². The predicted octanol–water partition coefficient (Wildman–Crippen LogP) is 3.11. The van der Waals surface area contributed by atoms with Gasteiger partial charge in [0.25, 0.3) is 0 Å². The minimum atomic E-state index is -4.87. The second-order valence-electron chi connectivity index (χ2n) is 3.53. The Hall–Kier alpha value is -1.17. The van der Waals surface area contributed by atoms with Crippen molar-refractivity contribution in [1.29, 1.82) is 0 Å². The van der Waals surface area contributed by atoms with Gasteiger partial charge in [-0.2, -0.15) is 22.0 Å². The lowest BCUT2D eigenvalue weighted by Crippen LogP contribution is -2.48. The summed E-state index contributed by atoms with van der Waals surface area (Å²) in [5.74, 6) is -13.1. The zero-order valence-electron chi connectivity index (χ0n) is 7.89. The lowest BCUT2D eigenvalue weighted by molar-refractivity contribution is -0.272. The highest BCUT2D eigenvalue weighted by Crippen LogP contribution is 2.56. The quantitative estimate of drug-likeness (QED) is 0.683. The second kappa shape index (κ2) is 3.16. The van der Waals surface area contributed by atoms with Crippen LogP contribution in [0.1, 0.15) is 5.56 Å². The highest BCUT2D eigenvalue weighted by molar-refractivity contribution is 5.26. The number of hydrogen-bond acceptors (Lipinski definition) is 1. The fourth-order valence-electron chi connectivity index (χ4n) is 1.52. The third kappa shape index (κ3) is 1.25. The monoisotopic (exact) mass is 238 g/mol. The number of benzene rings is 1. The van der Waals surface area contributed by atoms with Crippen LogP contribution in [0.3, 0.4) is 0 Å². The van der Waals surface area contributed by atoms with Crippen LogP contribution in [-0.4, -0.2) is 18.5 Å². The second-order valence-corrected chi connectivity index (χ2v) is 3.53. The maximum absolute atomic E-state index is 13.9. The molecule has 1 fully saturated rings. The zero-order valence-corrected chi connectivity index (χ0v) is 7.89. The first-order chi connectivity index (χ1) is 7.31. The lowest BCUT2D eigenvalue weighted by atomic mass is 9.99. The average molecular weight is 238 g/mol. The largest absolute Gasteiger partial charge is 0.374 e. The summed E-state index contributed by atoms with van der Waals surface area (Å²) < 4.78 is 69.8. The molecule has 1 aromatic carbocycles. The average Bonchev–Trinajstić information content (AvgIpc) is 2.41. The molecule has 1 aliphatic heterocycles. The molecule has 0 spiro atoms. The van der Waals surface area contributed by atoms with E-state index in [-0.39, 0.29) is 0 Å². The maximum atomic E-state index is 13.9. The van der Waals surface area contributed by atoms with E-state index in [0.717, 1.165) is 12.1 Å². The van der Waals surface area contributed by atoms with Gasteiger partial charge in [0.05, 0.1) is 0 Å². The maximum Gasteiger partial charge on any atom is 0.374 e. The minimum absolute atomic E-state index is 0.614. The molecule has 1 nitrogen and oxygen atoms in total. The molecule has 0 aliphatic carbocycles. The van der Waals surface area contributed by atoms with Crippen molar-refractivity contribution in [3.05, 3.63) is 35.9 Å². The molecule has 0 N–H and O–H groups in total. The summed E-state index contributed by atoms with van der Waals surface area (Å²) in [6, 6.07) is 5.96. The molecular formula is C10H7F5O. The van der Waals surface area contributed by atoms with Gasteiger partial charge in [0.15, 0.2) is 0 Å². The van der Waals surface area contributed by atoms with E-state index in [0.29, 0.717) is 0 Å². The van der Waals surface area contributed by atoms with Crippen LogP contribution < -0.4 is 0 Å². The third-order valence-corrected chi connectivity index (χ3v) is 2.46. The molecule has 1 unspecified atom stereocenters. The van der Waals surface area contributed by atoms with Crippen LogP contribution in [-0.2, 0) is 10.6 Å². The fourth-order valence-corrected chi connectivity index (χ4v) is 1.52. The van der Waals surface area contributed by atoms with Crippen LogP contribution in [0.15, 0.2) is 30.3 Å². The number of hydrogen-bond donors (Lipinski definition) is 0. The van der Waals surface area contributed by atoms with Gasteiger partial charge in [-0.15, -0.1) is 0 Å². The van der Waals surface area contributed by atoms with Crippen molar-refractivity contribution < 1.29 is 26.7 Å². The molecule has 1 atom stereocenters. The Kier molecular flexibility index (Phi) is 2.24. The Morgan fingerprint density at radius 3 is 1.94 bits per heavy atom. The topological polar surface area (TPSA) is 9.23 Å². The van der Waals surface area contributed by atoms with Gasteiger partial charge in [0, 0.05) is 5.56 Å². The summed E-state index contributed by atoms with van der Waals surface area (Å²) in [6.07, 6.45) is 0. The van der Waals surface area contributed by atoms with E-state index in [1.165, 1.54) is 18.2 Å². The van der Waals surface area contributed by atoms with Crippen LogP contribution >= 0.6 is 0 Å². The number of rotatable bonds is 1. The number of alkyl halides is 5. The molecule has 0 saturated carbocycles. The molecule has 0 radical (unpaired) electrons. The molecule has 1 saturated heterocycles. The summed E-state index contributed by atoms with van der Waals surface area (Å²) in [5.41, 5.74) is -0.614. The van der Waals surface area contributed by atoms with Gasteiger partial charge in [-0.1, -0.05) is 30.3 Å². The molecule has 2 rings (SSSR count). The Morgan fingerprint density at radius 2 is 1.50 bits per heavy atom. The predicted molar refractivity (Wildman–Crippen MR) is 45.1 cm³/mol. The van der Waals surface area contributed by atoms with Crippen molar-refractivity contribution >= 4 is 0 Å². The van der Waals surface area contributed by atoms with Crippen molar-refractivity contribution in [1.82, 2.24) is 0 Å². The molecule has 16 heavy (non-hydrogen) atoms. The van der Waals surface area contributed by atoms with Gasteiger partial charge in [-0.25, -0.2) is 0 Å². The molecule has 0 bridgehead atoms. The molecule has 1 aliphatic rings. The molecule has 0 amide bonds. The Labute approximate surface area is 87.8 Å². The van der Waals surface area contributed by atoms with Crippen LogP contribution in [0, 0.1) is 0 Å². The summed E-state index contributed by atoms with van der Waals surface area (Å²) in [5, 5.41) is 0. The van der Waals surface area contributed by atoms with Crippen molar-refractivity contribution in [3.63, 3.8) is 0 Å². The SMILES string of the molecule is FC1(F)COC(F)(c2ccccc2)C1(F)F. The third-order valence-electron chi connectivity index (χ3n) is 2.46. The summed E-state index contributed by atoms with van der Waals surface area (Å²) in [4.78, 5) is 0. The smallest absolute Gasteiger partial charge is 0.331 e. The molecule has 1 heterocycles. The van der Waals surface area contributed by atoms with Gasteiger partial charge in [-0.3, -0.25) is 0 Å². The van der Waals surface area contributed by atoms with Gasteiger partial charge in [-0.05, 0) is 0 Å². The Morgan fingerprint density at radius 1 is 0.938 bits per heavy atom. The van der Waals surface area contributed by atoms with E-state index >= 15 is 0 Å². The van der Waals surface area contributed by atoms with Crippen molar-refractivity contribution in [3.8, 4) is 0 Å². The van der Waals surface area contributed by atoms with E-state index in [1.807, 2.05) is 0 Å². The van der Waals surface area contributed by atoms with Crippen LogP contribution in [0.5, 0.6) is 0 Å². The normalized spacial score (nSPS) is 31.6. The summed E-state index contributed by atoms with van der Waals surface area (Å²) >= 11 is 0. The lowest BCUT2D eigenvalue weighted by Gasteiger charge is -2.27. The molecule has 0 aromatic heterocycles. The van der Waals surface area contributed by atoms with Crippen molar-refractivity contribution in [2.75, 3.05) is 6.61 Å². The van der Waals surface area contributed by atoms with E-state index in [2.05, 4.69) is 4.74 Å². The number of halogens is 5. The van der Waals surface area contributed by atoms with Crippen molar-refractivity contribution in [2.45, 2.75) is 17.7 Å². The molecule has 1 aromatic rings. The van der Waals surface area contributed by atoms with E-state index in [9.17, 15) is 22.0 Å². The van der Waals surface area contributed by atoms with Gasteiger partial charge in [0.2, 0.25) is 0 Å². The first kappa shape index (κ1) is 11.3. The van der Waals surface area contributed by atoms with Crippen molar-refractivity contribution in [2.24, 2.45) is 0 Å². The highest BCUT2D eigenvalue weighted by Gasteiger charge is 2.77. The molecule has 88 valence electrons. The van der Waals surface area contributed by atoms with E-state index in [1.54, 1.807) is 0 Å². The van der Waals surface area contributed by atoms with Gasteiger partial charge < -0.3 is 4.74 Å². The molecular weight excluding hydrogens is 231 g/mol. The first-order valence-electron chi connectivity index (χ1n) is 4.45. The van der Waals surface area contributed by atoms with Gasteiger partial charge >= 0.3 is 17.7 Å². The van der Waals surface area contributed by atoms with Crippen LogP contribution in [0.4, 0.5) is 22.0 Å². The Balaban J connectivity index is 2.49. The summed E-state index contributed by atoms with van der Waals surface area (Å²) in [6.45, 7) is -1.63. The standard InChI is InChI=1S/C10H7F5O/c11-8(12)6-16-9(13,10(8,14)15)7-4-2-1-3-5-7/h1-5H,6H2. The first-order valence-corrected chi connectivity index (χ1v) is 4.45. The highest BCUT2D eigenvalue weighted by atomic mass is 19.3. The van der Waals surface area contributed by atoms with Crippen LogP contribution in [0.2, 0.25) is 0 Å². The van der Waals surface area contributed by atoms with Gasteiger partial charge in [0.1, 0.15) is 6.61 Å². The van der Waals surface area contributed by atoms with E-state index in [4.69, 9.17) is 0 Å². The van der Waals surface area contributed by atoms with E-state index < -0.39 is 29.9 Å². The number of ether oxygens (including phenoxy) is 1. The summed E-state index contributed by atoms with van der Waals surface area (Å²) in [7, 11) is 0. The molecule has 6 heteroatoms.